The summed E-state index contributed by atoms with van der Waals surface area (Å²) >= 11 is 0. The van der Waals surface area contributed by atoms with E-state index in [-0.39, 0.29) is 25.1 Å². The van der Waals surface area contributed by atoms with E-state index in [1.807, 2.05) is 0 Å². The maximum Gasteiger partial charge on any atom is 0.273 e. The number of hydrogen-bond acceptors (Lipinski definition) is 4. The Hall–Kier alpha value is -2.41. The van der Waals surface area contributed by atoms with Gasteiger partial charge in [-0.15, -0.1) is 0 Å². The molecule has 0 aliphatic rings. The number of aromatic amines is 1. The van der Waals surface area contributed by atoms with Crippen LogP contribution in [0.25, 0.3) is 10.8 Å². The van der Waals surface area contributed by atoms with Crippen molar-refractivity contribution in [3.8, 4) is 0 Å². The minimum Gasteiger partial charge on any atom is -0.395 e. The SMILES string of the molecule is O=C(Cn1[nH]c(=O)c2ccccc2c1=O)NCCO. The summed E-state index contributed by atoms with van der Waals surface area (Å²) in [6, 6.07) is 6.40. The van der Waals surface area contributed by atoms with Crippen LogP contribution in [0.15, 0.2) is 33.9 Å². The highest BCUT2D eigenvalue weighted by atomic mass is 16.3. The lowest BCUT2D eigenvalue weighted by Crippen LogP contribution is -2.37. The molecular weight excluding hydrogens is 250 g/mol. The molecule has 0 unspecified atom stereocenters. The number of aliphatic hydroxyl groups is 1. The Morgan fingerprint density at radius 3 is 2.63 bits per heavy atom. The van der Waals surface area contributed by atoms with Crippen molar-refractivity contribution in [1.29, 1.82) is 0 Å². The maximum atomic E-state index is 12.1. The number of rotatable bonds is 4. The van der Waals surface area contributed by atoms with E-state index in [4.69, 9.17) is 5.11 Å². The van der Waals surface area contributed by atoms with E-state index in [1.165, 1.54) is 6.07 Å². The molecular formula is C12H13N3O4. The van der Waals surface area contributed by atoms with Crippen LogP contribution in [-0.4, -0.2) is 33.9 Å². The first-order valence-electron chi connectivity index (χ1n) is 5.73. The van der Waals surface area contributed by atoms with Crippen LogP contribution in [0.4, 0.5) is 0 Å². The van der Waals surface area contributed by atoms with Crippen molar-refractivity contribution >= 4 is 16.7 Å². The van der Waals surface area contributed by atoms with Crippen molar-refractivity contribution in [1.82, 2.24) is 15.1 Å². The van der Waals surface area contributed by atoms with Crippen molar-refractivity contribution < 1.29 is 9.90 Å². The number of fused-ring (bicyclic) bond motifs is 1. The fourth-order valence-corrected chi connectivity index (χ4v) is 1.75. The first-order valence-corrected chi connectivity index (χ1v) is 5.73. The Morgan fingerprint density at radius 1 is 1.26 bits per heavy atom. The van der Waals surface area contributed by atoms with Crippen molar-refractivity contribution in [2.45, 2.75) is 6.54 Å². The molecule has 3 N–H and O–H groups in total. The van der Waals surface area contributed by atoms with Crippen LogP contribution in [0.1, 0.15) is 0 Å². The van der Waals surface area contributed by atoms with E-state index in [1.54, 1.807) is 18.2 Å². The fourth-order valence-electron chi connectivity index (χ4n) is 1.75. The van der Waals surface area contributed by atoms with Crippen LogP contribution in [0.5, 0.6) is 0 Å². The third-order valence-corrected chi connectivity index (χ3v) is 2.62. The normalized spacial score (nSPS) is 10.6. The van der Waals surface area contributed by atoms with Gasteiger partial charge in [-0.2, -0.15) is 0 Å². The van der Waals surface area contributed by atoms with Gasteiger partial charge in [-0.25, -0.2) is 4.68 Å². The summed E-state index contributed by atoms with van der Waals surface area (Å²) in [4.78, 5) is 35.3. The standard InChI is InChI=1S/C12H13N3O4/c16-6-5-13-10(17)7-15-12(19)9-4-2-1-3-8(9)11(18)14-15/h1-4,16H,5-7H2,(H,13,17)(H,14,18). The molecule has 100 valence electrons. The zero-order valence-electron chi connectivity index (χ0n) is 10.0. The highest BCUT2D eigenvalue weighted by Gasteiger charge is 2.09. The van der Waals surface area contributed by atoms with Gasteiger partial charge in [-0.3, -0.25) is 19.5 Å². The number of carbonyl (C=O) groups is 1. The van der Waals surface area contributed by atoms with Crippen molar-refractivity contribution in [2.24, 2.45) is 0 Å². The van der Waals surface area contributed by atoms with Crippen molar-refractivity contribution in [3.63, 3.8) is 0 Å². The third kappa shape index (κ3) is 2.71. The number of carbonyl (C=O) groups excluding carboxylic acids is 1. The van der Waals surface area contributed by atoms with Gasteiger partial charge < -0.3 is 10.4 Å². The predicted molar refractivity (Wildman–Crippen MR) is 68.9 cm³/mol. The van der Waals surface area contributed by atoms with Crippen LogP contribution in [0.2, 0.25) is 0 Å². The zero-order chi connectivity index (χ0) is 13.8. The summed E-state index contributed by atoms with van der Waals surface area (Å²) in [6.07, 6.45) is 0. The number of aromatic nitrogens is 2. The average molecular weight is 263 g/mol. The van der Waals surface area contributed by atoms with Gasteiger partial charge in [0.15, 0.2) is 0 Å². The van der Waals surface area contributed by atoms with E-state index in [9.17, 15) is 14.4 Å². The fraction of sp³-hybridized carbons (Fsp3) is 0.250. The molecule has 0 saturated heterocycles. The summed E-state index contributed by atoms with van der Waals surface area (Å²) in [5.74, 6) is -0.456. The molecule has 0 radical (unpaired) electrons. The molecule has 1 aromatic carbocycles. The van der Waals surface area contributed by atoms with Crippen molar-refractivity contribution in [2.75, 3.05) is 13.2 Å². The van der Waals surface area contributed by atoms with Crippen LogP contribution >= 0.6 is 0 Å². The molecule has 0 fully saturated rings. The first-order chi connectivity index (χ1) is 9.13. The molecule has 0 aliphatic heterocycles. The van der Waals surface area contributed by atoms with E-state index < -0.39 is 17.0 Å². The lowest BCUT2D eigenvalue weighted by atomic mass is 10.2. The summed E-state index contributed by atoms with van der Waals surface area (Å²) in [7, 11) is 0. The number of aliphatic hydroxyl groups excluding tert-OH is 1. The summed E-state index contributed by atoms with van der Waals surface area (Å²) in [6.45, 7) is -0.376. The molecule has 0 spiro atoms. The zero-order valence-corrected chi connectivity index (χ0v) is 10.0. The molecule has 1 amide bonds. The smallest absolute Gasteiger partial charge is 0.273 e. The third-order valence-electron chi connectivity index (χ3n) is 2.62. The molecule has 19 heavy (non-hydrogen) atoms. The Bertz CT molecular complexity index is 717. The molecule has 7 nitrogen and oxygen atoms in total. The number of amides is 1. The number of benzene rings is 1. The van der Waals surface area contributed by atoms with Gasteiger partial charge in [0, 0.05) is 6.54 Å². The molecule has 7 heteroatoms. The molecule has 1 aromatic heterocycles. The van der Waals surface area contributed by atoms with Crippen LogP contribution < -0.4 is 16.4 Å². The molecule has 0 aliphatic carbocycles. The van der Waals surface area contributed by atoms with Crippen LogP contribution in [0, 0.1) is 0 Å². The molecule has 0 atom stereocenters. The van der Waals surface area contributed by atoms with Crippen LogP contribution in [0.3, 0.4) is 0 Å². The van der Waals surface area contributed by atoms with Gasteiger partial charge in [-0.1, -0.05) is 12.1 Å². The van der Waals surface area contributed by atoms with Crippen molar-refractivity contribution in [3.05, 3.63) is 45.0 Å². The number of hydrogen-bond donors (Lipinski definition) is 3. The molecule has 2 aromatic rings. The van der Waals surface area contributed by atoms with E-state index >= 15 is 0 Å². The van der Waals surface area contributed by atoms with Gasteiger partial charge in [0.05, 0.1) is 17.4 Å². The van der Waals surface area contributed by atoms with Crippen LogP contribution in [-0.2, 0) is 11.3 Å². The van der Waals surface area contributed by atoms with Gasteiger partial charge in [0.1, 0.15) is 6.54 Å². The lowest BCUT2D eigenvalue weighted by molar-refractivity contribution is -0.122. The summed E-state index contributed by atoms with van der Waals surface area (Å²) < 4.78 is 0.956. The molecule has 1 heterocycles. The number of nitrogens with one attached hydrogen (secondary N) is 2. The minimum absolute atomic E-state index is 0.103. The maximum absolute atomic E-state index is 12.1. The van der Waals surface area contributed by atoms with E-state index in [0.717, 1.165) is 4.68 Å². The number of nitrogens with zero attached hydrogens (tertiary/aromatic N) is 1. The Kier molecular flexibility index (Phi) is 3.76. The van der Waals surface area contributed by atoms with Gasteiger partial charge in [0.25, 0.3) is 11.1 Å². The number of H-pyrrole nitrogens is 1. The quantitative estimate of drug-likeness (QED) is 0.644. The largest absolute Gasteiger partial charge is 0.395 e. The molecule has 0 bridgehead atoms. The average Bonchev–Trinajstić information content (AvgIpc) is 2.42. The predicted octanol–water partition coefficient (Wildman–Crippen LogP) is -1.20. The molecule has 2 rings (SSSR count). The second-order valence-electron chi connectivity index (χ2n) is 3.95. The van der Waals surface area contributed by atoms with Gasteiger partial charge in [-0.05, 0) is 12.1 Å². The van der Waals surface area contributed by atoms with E-state index in [2.05, 4.69) is 10.4 Å². The first kappa shape index (κ1) is 13.0. The molecule has 0 saturated carbocycles. The highest BCUT2D eigenvalue weighted by molar-refractivity contribution is 5.81. The Balaban J connectivity index is 2.40. The Labute approximate surface area is 107 Å². The Morgan fingerprint density at radius 2 is 1.95 bits per heavy atom. The van der Waals surface area contributed by atoms with Gasteiger partial charge >= 0.3 is 0 Å². The lowest BCUT2D eigenvalue weighted by Gasteiger charge is -2.07. The van der Waals surface area contributed by atoms with E-state index in [0.29, 0.717) is 5.39 Å². The summed E-state index contributed by atoms with van der Waals surface area (Å²) in [5.41, 5.74) is -0.862. The second-order valence-corrected chi connectivity index (χ2v) is 3.95. The topological polar surface area (TPSA) is 104 Å². The monoisotopic (exact) mass is 263 g/mol. The highest BCUT2D eigenvalue weighted by Crippen LogP contribution is 2.02. The second kappa shape index (κ2) is 5.49. The minimum atomic E-state index is -0.456. The summed E-state index contributed by atoms with van der Waals surface area (Å²) in [5, 5.41) is 13.9. The van der Waals surface area contributed by atoms with Gasteiger partial charge in [0.2, 0.25) is 5.91 Å².